The van der Waals surface area contributed by atoms with Crippen LogP contribution in [0.15, 0.2) is 60.0 Å². The minimum absolute atomic E-state index is 0.0259. The number of thiophene rings is 1. The molecule has 0 radical (unpaired) electrons. The number of carbonyl (C=O) groups excluding carboxylic acids is 2. The van der Waals surface area contributed by atoms with Gasteiger partial charge in [0.25, 0.3) is 5.91 Å². The number of amides is 2. The van der Waals surface area contributed by atoms with Crippen molar-refractivity contribution in [3.05, 3.63) is 86.8 Å². The second-order valence-corrected chi connectivity index (χ2v) is 10.0. The maximum atomic E-state index is 14.4. The quantitative estimate of drug-likeness (QED) is 0.371. The van der Waals surface area contributed by atoms with E-state index in [0.29, 0.717) is 23.7 Å². The number of halogens is 2. The fourth-order valence-electron chi connectivity index (χ4n) is 4.25. The number of rotatable bonds is 8. The number of nitrogens with zero attached hydrogens (tertiary/aromatic N) is 2. The number of carbonyl (C=O) groups is 2. The van der Waals surface area contributed by atoms with Gasteiger partial charge in [0.1, 0.15) is 24.7 Å². The molecule has 5 nitrogen and oxygen atoms in total. The van der Waals surface area contributed by atoms with Gasteiger partial charge < -0.3 is 14.5 Å². The van der Waals surface area contributed by atoms with Gasteiger partial charge in [-0.05, 0) is 73.2 Å². The summed E-state index contributed by atoms with van der Waals surface area (Å²) in [7, 11) is 0. The summed E-state index contributed by atoms with van der Waals surface area (Å²) in [4.78, 5) is 31.4. The Morgan fingerprint density at radius 2 is 1.94 bits per heavy atom. The van der Waals surface area contributed by atoms with Gasteiger partial charge in [0.05, 0.1) is 11.6 Å². The lowest BCUT2D eigenvalue weighted by molar-refractivity contribution is -0.136. The summed E-state index contributed by atoms with van der Waals surface area (Å²) in [6, 6.07) is 14.5. The van der Waals surface area contributed by atoms with Gasteiger partial charge in [-0.1, -0.05) is 30.7 Å². The van der Waals surface area contributed by atoms with Gasteiger partial charge in [0.15, 0.2) is 0 Å². The van der Waals surface area contributed by atoms with E-state index in [4.69, 9.17) is 16.3 Å². The van der Waals surface area contributed by atoms with Crippen molar-refractivity contribution in [1.82, 2.24) is 9.80 Å². The Kier molecular flexibility index (Phi) is 8.08. The normalized spacial score (nSPS) is 15.9. The van der Waals surface area contributed by atoms with Crippen LogP contribution in [-0.2, 0) is 11.2 Å². The van der Waals surface area contributed by atoms with Crippen molar-refractivity contribution in [2.24, 2.45) is 0 Å². The van der Waals surface area contributed by atoms with Crippen molar-refractivity contribution in [2.75, 3.05) is 19.7 Å². The van der Waals surface area contributed by atoms with Crippen molar-refractivity contribution in [3.8, 4) is 5.75 Å². The second-order valence-electron chi connectivity index (χ2n) is 8.59. The van der Waals surface area contributed by atoms with Gasteiger partial charge in [0, 0.05) is 22.5 Å². The van der Waals surface area contributed by atoms with E-state index in [1.807, 2.05) is 25.3 Å². The van der Waals surface area contributed by atoms with Gasteiger partial charge >= 0.3 is 0 Å². The molecule has 0 saturated carbocycles. The summed E-state index contributed by atoms with van der Waals surface area (Å²) in [6.07, 6.45) is 1.39. The molecule has 184 valence electrons. The molecule has 2 aromatic carbocycles. The number of hydrogen-bond acceptors (Lipinski definition) is 4. The smallest absolute Gasteiger partial charge is 0.257 e. The Balaban J connectivity index is 1.55. The van der Waals surface area contributed by atoms with Crippen LogP contribution in [0.1, 0.15) is 47.1 Å². The van der Waals surface area contributed by atoms with Gasteiger partial charge in [0.2, 0.25) is 5.91 Å². The minimum Gasteiger partial charge on any atom is -0.491 e. The molecule has 0 spiro atoms. The molecule has 4 rings (SSSR count). The molecule has 3 aromatic rings. The van der Waals surface area contributed by atoms with E-state index in [-0.39, 0.29) is 36.7 Å². The van der Waals surface area contributed by atoms with E-state index < -0.39 is 11.7 Å². The number of ether oxygens (including phenoxy) is 1. The van der Waals surface area contributed by atoms with E-state index in [0.717, 1.165) is 12.0 Å². The summed E-state index contributed by atoms with van der Waals surface area (Å²) in [5, 5.41) is 2.65. The number of fused-ring (bicyclic) bond motifs is 1. The van der Waals surface area contributed by atoms with Crippen LogP contribution >= 0.6 is 22.9 Å². The third-order valence-electron chi connectivity index (χ3n) is 6.43. The lowest BCUT2D eigenvalue weighted by Crippen LogP contribution is -2.50. The van der Waals surface area contributed by atoms with Crippen molar-refractivity contribution in [2.45, 2.75) is 38.8 Å². The molecule has 2 atom stereocenters. The fourth-order valence-corrected chi connectivity index (χ4v) is 5.31. The zero-order chi connectivity index (χ0) is 24.9. The van der Waals surface area contributed by atoms with Gasteiger partial charge in [-0.25, -0.2) is 4.39 Å². The predicted molar refractivity (Wildman–Crippen MR) is 137 cm³/mol. The molecule has 0 fully saturated rings. The van der Waals surface area contributed by atoms with E-state index in [1.54, 1.807) is 52.6 Å². The predicted octanol–water partition coefficient (Wildman–Crippen LogP) is 5.99. The van der Waals surface area contributed by atoms with E-state index in [1.165, 1.54) is 21.9 Å². The fraction of sp³-hybridized carbons (Fsp3) is 0.333. The van der Waals surface area contributed by atoms with Crippen LogP contribution in [0.3, 0.4) is 0 Å². The molecule has 0 N–H and O–H groups in total. The maximum absolute atomic E-state index is 14.4. The maximum Gasteiger partial charge on any atom is 0.257 e. The first-order valence-electron chi connectivity index (χ1n) is 11.7. The first kappa shape index (κ1) is 25.2. The summed E-state index contributed by atoms with van der Waals surface area (Å²) in [5.74, 6) is -0.585. The van der Waals surface area contributed by atoms with Crippen LogP contribution < -0.4 is 4.74 Å². The first-order chi connectivity index (χ1) is 16.9. The van der Waals surface area contributed by atoms with Gasteiger partial charge in [-0.3, -0.25) is 9.59 Å². The highest BCUT2D eigenvalue weighted by atomic mass is 35.5. The minimum atomic E-state index is -0.589. The third-order valence-corrected chi connectivity index (χ3v) is 7.68. The highest BCUT2D eigenvalue weighted by Gasteiger charge is 2.34. The zero-order valence-corrected chi connectivity index (χ0v) is 21.3. The van der Waals surface area contributed by atoms with Crippen molar-refractivity contribution in [3.63, 3.8) is 0 Å². The van der Waals surface area contributed by atoms with Crippen LogP contribution in [0.5, 0.6) is 5.75 Å². The van der Waals surface area contributed by atoms with E-state index in [2.05, 4.69) is 0 Å². The molecule has 8 heteroatoms. The monoisotopic (exact) mass is 514 g/mol. The summed E-state index contributed by atoms with van der Waals surface area (Å²) < 4.78 is 20.4. The molecule has 1 aliphatic rings. The highest BCUT2D eigenvalue weighted by Crippen LogP contribution is 2.34. The van der Waals surface area contributed by atoms with Gasteiger partial charge in [-0.2, -0.15) is 0 Å². The molecule has 1 aromatic heterocycles. The topological polar surface area (TPSA) is 49.9 Å². The third kappa shape index (κ3) is 5.68. The van der Waals surface area contributed by atoms with Crippen LogP contribution in [0.4, 0.5) is 4.39 Å². The standard InChI is InChI=1S/C27H28ClFN2O3S/c1-3-18(2)31(27(33)21-6-4-5-7-23(21)29)16-26(32)30-14-12-25-22(13-15-35-25)24(30)17-34-20-10-8-19(28)9-11-20/h4-11,13,15,18,24H,3,12,14,16-17H2,1-2H3/t18-,24-/m0/s1. The first-order valence-corrected chi connectivity index (χ1v) is 12.9. The molecule has 0 aliphatic carbocycles. The number of hydrogen-bond donors (Lipinski definition) is 0. The largest absolute Gasteiger partial charge is 0.491 e. The molecule has 2 heterocycles. The summed E-state index contributed by atoms with van der Waals surface area (Å²) in [6.45, 7) is 4.50. The summed E-state index contributed by atoms with van der Waals surface area (Å²) in [5.41, 5.74) is 1.04. The molecule has 2 amide bonds. The number of benzene rings is 2. The Labute approximate surface area is 214 Å². The molecule has 0 saturated heterocycles. The van der Waals surface area contributed by atoms with E-state index in [9.17, 15) is 14.0 Å². The van der Waals surface area contributed by atoms with E-state index >= 15 is 0 Å². The van der Waals surface area contributed by atoms with Crippen molar-refractivity contribution < 1.29 is 18.7 Å². The van der Waals surface area contributed by atoms with Crippen molar-refractivity contribution >= 4 is 34.8 Å². The SMILES string of the molecule is CC[C@H](C)N(CC(=O)N1CCc2sccc2[C@@H]1COc1ccc(Cl)cc1)C(=O)c1ccccc1F. The summed E-state index contributed by atoms with van der Waals surface area (Å²) >= 11 is 7.66. The Hall–Kier alpha value is -2.90. The Morgan fingerprint density at radius 3 is 2.66 bits per heavy atom. The van der Waals surface area contributed by atoms with Crippen molar-refractivity contribution in [1.29, 1.82) is 0 Å². The average Bonchev–Trinajstić information content (AvgIpc) is 3.35. The van der Waals surface area contributed by atoms with Crippen LogP contribution in [0, 0.1) is 5.82 Å². The van der Waals surface area contributed by atoms with Crippen LogP contribution in [0.2, 0.25) is 5.02 Å². The Bertz CT molecular complexity index is 1180. The lowest BCUT2D eigenvalue weighted by Gasteiger charge is -2.38. The Morgan fingerprint density at radius 1 is 1.20 bits per heavy atom. The molecule has 1 aliphatic heterocycles. The molecular formula is C27H28ClFN2O3S. The molecule has 0 bridgehead atoms. The average molecular weight is 515 g/mol. The van der Waals surface area contributed by atoms with Gasteiger partial charge in [-0.15, -0.1) is 11.3 Å². The zero-order valence-electron chi connectivity index (χ0n) is 19.7. The molecular weight excluding hydrogens is 487 g/mol. The van der Waals surface area contributed by atoms with Crippen LogP contribution in [-0.4, -0.2) is 47.4 Å². The highest BCUT2D eigenvalue weighted by molar-refractivity contribution is 7.10. The second kappa shape index (κ2) is 11.2. The molecule has 0 unspecified atom stereocenters. The van der Waals surface area contributed by atoms with Crippen LogP contribution in [0.25, 0.3) is 0 Å². The lowest BCUT2D eigenvalue weighted by atomic mass is 10.00. The molecule has 35 heavy (non-hydrogen) atoms.